The van der Waals surface area contributed by atoms with E-state index in [2.05, 4.69) is 23.0 Å². The first-order valence-electron chi connectivity index (χ1n) is 6.70. The molecule has 0 aliphatic carbocycles. The number of fused-ring (bicyclic) bond motifs is 1. The van der Waals surface area contributed by atoms with Crippen molar-refractivity contribution in [1.29, 1.82) is 0 Å². The van der Waals surface area contributed by atoms with Crippen LogP contribution in [0.2, 0.25) is 0 Å². The van der Waals surface area contributed by atoms with E-state index in [0.29, 0.717) is 6.04 Å². The van der Waals surface area contributed by atoms with E-state index in [0.717, 1.165) is 41.7 Å². The Kier molecular flexibility index (Phi) is 4.58. The van der Waals surface area contributed by atoms with Gasteiger partial charge in [0.05, 0.1) is 24.4 Å². The molecular weight excluding hydrogens is 238 g/mol. The van der Waals surface area contributed by atoms with E-state index in [1.165, 1.54) is 0 Å². The summed E-state index contributed by atoms with van der Waals surface area (Å²) in [5, 5.41) is 4.54. The minimum Gasteiger partial charge on any atom is -0.497 e. The molecule has 0 aliphatic heterocycles. The maximum Gasteiger partial charge on any atom is 0.121 e. The normalized spacial score (nSPS) is 12.4. The highest BCUT2D eigenvalue weighted by Crippen LogP contribution is 2.27. The minimum absolute atomic E-state index is 0.502. The molecule has 0 amide bonds. The van der Waals surface area contributed by atoms with Gasteiger partial charge < -0.3 is 15.8 Å². The number of anilines is 1. The molecule has 0 unspecified atom stereocenters. The maximum absolute atomic E-state index is 5.33. The van der Waals surface area contributed by atoms with Crippen molar-refractivity contribution in [3.05, 3.63) is 30.5 Å². The molecule has 2 rings (SSSR count). The number of hydrogen-bond donors (Lipinski definition) is 2. The van der Waals surface area contributed by atoms with E-state index in [-0.39, 0.29) is 0 Å². The van der Waals surface area contributed by atoms with Crippen molar-refractivity contribution in [1.82, 2.24) is 4.98 Å². The van der Waals surface area contributed by atoms with Crippen molar-refractivity contribution in [2.45, 2.75) is 25.8 Å². The third-order valence-corrected chi connectivity index (χ3v) is 3.10. The van der Waals surface area contributed by atoms with Gasteiger partial charge in [0, 0.05) is 30.6 Å². The fraction of sp³-hybridized carbons (Fsp3) is 0.400. The van der Waals surface area contributed by atoms with E-state index < -0.39 is 0 Å². The predicted molar refractivity (Wildman–Crippen MR) is 78.4 cm³/mol. The van der Waals surface area contributed by atoms with Crippen LogP contribution in [0.5, 0.6) is 5.75 Å². The maximum atomic E-state index is 5.33. The molecule has 1 aromatic heterocycles. The summed E-state index contributed by atoms with van der Waals surface area (Å²) < 4.78 is 5.33. The second-order valence-corrected chi connectivity index (χ2v) is 4.92. The van der Waals surface area contributed by atoms with Gasteiger partial charge in [-0.25, -0.2) is 0 Å². The highest BCUT2D eigenvalue weighted by atomic mass is 16.5. The zero-order valence-corrected chi connectivity index (χ0v) is 11.6. The molecule has 0 aliphatic rings. The summed E-state index contributed by atoms with van der Waals surface area (Å²) in [5.74, 6) is 0.855. The number of aromatic nitrogens is 1. The van der Waals surface area contributed by atoms with Crippen LogP contribution in [0.3, 0.4) is 0 Å². The lowest BCUT2D eigenvalue weighted by atomic mass is 10.1. The van der Waals surface area contributed by atoms with Crippen LogP contribution in [-0.2, 0) is 0 Å². The van der Waals surface area contributed by atoms with Crippen molar-refractivity contribution in [3.63, 3.8) is 0 Å². The highest BCUT2D eigenvalue weighted by Gasteiger charge is 2.05. The molecule has 19 heavy (non-hydrogen) atoms. The van der Waals surface area contributed by atoms with Gasteiger partial charge in [-0.3, -0.25) is 4.98 Å². The molecule has 0 spiro atoms. The van der Waals surface area contributed by atoms with Crippen molar-refractivity contribution in [2.75, 3.05) is 19.0 Å². The van der Waals surface area contributed by atoms with Crippen molar-refractivity contribution >= 4 is 16.6 Å². The quantitative estimate of drug-likeness (QED) is 0.782. The number of pyridine rings is 1. The van der Waals surface area contributed by atoms with Crippen LogP contribution >= 0.6 is 0 Å². The predicted octanol–water partition coefficient (Wildman–Crippen LogP) is 2.07. The van der Waals surface area contributed by atoms with Crippen LogP contribution in [0.1, 0.15) is 19.8 Å². The Labute approximate surface area is 114 Å². The molecule has 2 aromatic rings. The lowest BCUT2D eigenvalue weighted by Gasteiger charge is -2.11. The number of nitrogens with one attached hydrogen (secondary N) is 1. The number of rotatable bonds is 6. The molecule has 1 heterocycles. The second kappa shape index (κ2) is 6.38. The first-order valence-corrected chi connectivity index (χ1v) is 6.70. The standard InChI is InChI=1S/C15H21N3O/c1-11(16)5-3-7-17-14-10-13(19-2)9-12-6-4-8-18-15(12)14/h4,6,8-11,17H,3,5,7,16H2,1-2H3/p+1/t11-/m0/s1. The van der Waals surface area contributed by atoms with Gasteiger partial charge in [-0.05, 0) is 25.5 Å². The Hall–Kier alpha value is -1.81. The zero-order chi connectivity index (χ0) is 13.7. The second-order valence-electron chi connectivity index (χ2n) is 4.92. The molecule has 1 aromatic carbocycles. The molecule has 4 heteroatoms. The summed E-state index contributed by atoms with van der Waals surface area (Å²) in [7, 11) is 1.69. The van der Waals surface area contributed by atoms with Crippen molar-refractivity contribution in [3.8, 4) is 5.75 Å². The average Bonchev–Trinajstić information content (AvgIpc) is 2.42. The summed E-state index contributed by atoms with van der Waals surface area (Å²) in [5.41, 5.74) is 6.03. The summed E-state index contributed by atoms with van der Waals surface area (Å²) in [6, 6.07) is 8.50. The van der Waals surface area contributed by atoms with Crippen LogP contribution in [0.15, 0.2) is 30.5 Å². The summed E-state index contributed by atoms with van der Waals surface area (Å²) >= 11 is 0. The van der Waals surface area contributed by atoms with Crippen molar-refractivity contribution in [2.24, 2.45) is 0 Å². The number of methoxy groups -OCH3 is 1. The third-order valence-electron chi connectivity index (χ3n) is 3.10. The van der Waals surface area contributed by atoms with Crippen LogP contribution in [0.4, 0.5) is 5.69 Å². The lowest BCUT2D eigenvalue weighted by molar-refractivity contribution is -0.415. The Bertz CT molecular complexity index is 540. The Morgan fingerprint density at radius 2 is 2.26 bits per heavy atom. The highest BCUT2D eigenvalue weighted by molar-refractivity contribution is 5.91. The fourth-order valence-corrected chi connectivity index (χ4v) is 2.09. The molecule has 0 radical (unpaired) electrons. The lowest BCUT2D eigenvalue weighted by Crippen LogP contribution is -2.58. The first-order chi connectivity index (χ1) is 9.20. The Morgan fingerprint density at radius 3 is 3.00 bits per heavy atom. The van der Waals surface area contributed by atoms with Gasteiger partial charge in [0.15, 0.2) is 0 Å². The van der Waals surface area contributed by atoms with Crippen LogP contribution in [-0.4, -0.2) is 24.7 Å². The molecule has 0 bridgehead atoms. The SMILES string of the molecule is COc1cc(NCCC[C@H](C)[NH3+])c2ncccc2c1. The molecule has 0 saturated heterocycles. The molecule has 4 N–H and O–H groups in total. The monoisotopic (exact) mass is 260 g/mol. The van der Waals surface area contributed by atoms with E-state index in [1.54, 1.807) is 7.11 Å². The largest absolute Gasteiger partial charge is 0.497 e. The smallest absolute Gasteiger partial charge is 0.121 e. The number of ether oxygens (including phenoxy) is 1. The molecule has 102 valence electrons. The van der Waals surface area contributed by atoms with Crippen LogP contribution < -0.4 is 15.8 Å². The molecule has 1 atom stereocenters. The van der Waals surface area contributed by atoms with Gasteiger partial charge in [-0.2, -0.15) is 0 Å². The van der Waals surface area contributed by atoms with Gasteiger partial charge in [0.25, 0.3) is 0 Å². The summed E-state index contributed by atoms with van der Waals surface area (Å²) in [6.07, 6.45) is 4.05. The van der Waals surface area contributed by atoms with Gasteiger partial charge in [0.2, 0.25) is 0 Å². The summed E-state index contributed by atoms with van der Waals surface area (Å²) in [6.45, 7) is 3.07. The summed E-state index contributed by atoms with van der Waals surface area (Å²) in [4.78, 5) is 4.44. The van der Waals surface area contributed by atoms with E-state index in [1.807, 2.05) is 30.5 Å². The molecular formula is C15H22N3O+. The number of nitrogens with zero attached hydrogens (tertiary/aromatic N) is 1. The van der Waals surface area contributed by atoms with Crippen LogP contribution in [0, 0.1) is 0 Å². The Morgan fingerprint density at radius 1 is 1.42 bits per heavy atom. The minimum atomic E-state index is 0.502. The number of hydrogen-bond acceptors (Lipinski definition) is 3. The van der Waals surface area contributed by atoms with Gasteiger partial charge in [0.1, 0.15) is 5.75 Å². The van der Waals surface area contributed by atoms with E-state index in [9.17, 15) is 0 Å². The van der Waals surface area contributed by atoms with Crippen LogP contribution in [0.25, 0.3) is 10.9 Å². The Balaban J connectivity index is 2.16. The van der Waals surface area contributed by atoms with Gasteiger partial charge >= 0.3 is 0 Å². The van der Waals surface area contributed by atoms with E-state index in [4.69, 9.17) is 4.74 Å². The first kappa shape index (κ1) is 13.6. The van der Waals surface area contributed by atoms with Gasteiger partial charge in [-0.15, -0.1) is 0 Å². The third kappa shape index (κ3) is 3.58. The topological polar surface area (TPSA) is 61.8 Å². The fourth-order valence-electron chi connectivity index (χ4n) is 2.09. The van der Waals surface area contributed by atoms with Crippen molar-refractivity contribution < 1.29 is 10.5 Å². The molecule has 0 fully saturated rings. The van der Waals surface area contributed by atoms with E-state index >= 15 is 0 Å². The zero-order valence-electron chi connectivity index (χ0n) is 11.6. The molecule has 4 nitrogen and oxygen atoms in total. The van der Waals surface area contributed by atoms with Gasteiger partial charge in [-0.1, -0.05) is 6.07 Å². The average molecular weight is 260 g/mol. The molecule has 0 saturated carbocycles. The number of benzene rings is 1. The number of quaternary nitrogens is 1.